The van der Waals surface area contributed by atoms with Crippen molar-refractivity contribution in [3.8, 4) is 0 Å². The van der Waals surface area contributed by atoms with E-state index in [0.717, 1.165) is 5.56 Å². The number of hydrogen-bond donors (Lipinski definition) is 0. The maximum atomic E-state index is 12.5. The molecule has 2 saturated heterocycles. The molecule has 22 heavy (non-hydrogen) atoms. The fraction of sp³-hybridized carbons (Fsp3) is 0.647. The van der Waals surface area contributed by atoms with E-state index in [4.69, 9.17) is 18.9 Å². The molecule has 2 heterocycles. The molecule has 0 saturated carbocycles. The highest BCUT2D eigenvalue weighted by molar-refractivity contribution is 5.13. The van der Waals surface area contributed by atoms with Crippen molar-refractivity contribution in [3.63, 3.8) is 0 Å². The molecule has 0 spiro atoms. The Morgan fingerprint density at radius 3 is 2.86 bits per heavy atom. The van der Waals surface area contributed by atoms with Gasteiger partial charge in [0.2, 0.25) is 0 Å². The Hall–Kier alpha value is -1.01. The van der Waals surface area contributed by atoms with Gasteiger partial charge in [0.25, 0.3) is 0 Å². The summed E-state index contributed by atoms with van der Waals surface area (Å²) in [6.45, 7) is 0.647. The molecule has 0 radical (unpaired) electrons. The number of hydrogen-bond acceptors (Lipinski definition) is 4. The van der Waals surface area contributed by atoms with Crippen LogP contribution in [0.2, 0.25) is 0 Å². The summed E-state index contributed by atoms with van der Waals surface area (Å²) in [5, 5.41) is 0. The first-order valence-corrected chi connectivity index (χ1v) is 7.83. The van der Waals surface area contributed by atoms with Crippen molar-refractivity contribution in [1.29, 1.82) is 0 Å². The topological polar surface area (TPSA) is 36.9 Å². The molecule has 0 amide bonds. The second-order valence-corrected chi connectivity index (χ2v) is 5.87. The molecule has 122 valence electrons. The fourth-order valence-corrected chi connectivity index (χ4v) is 3.28. The Labute approximate surface area is 130 Å². The molecule has 2 fully saturated rings. The maximum Gasteiger partial charge on any atom is 0.195 e. The van der Waals surface area contributed by atoms with Gasteiger partial charge < -0.3 is 18.9 Å². The zero-order valence-corrected chi connectivity index (χ0v) is 12.9. The van der Waals surface area contributed by atoms with E-state index in [1.165, 1.54) is 0 Å². The number of fused-ring (bicyclic) bond motifs is 2. The molecule has 0 N–H and O–H groups in total. The van der Waals surface area contributed by atoms with Gasteiger partial charge in [-0.3, -0.25) is 4.39 Å². The van der Waals surface area contributed by atoms with Crippen molar-refractivity contribution in [3.05, 3.63) is 35.9 Å². The number of benzene rings is 1. The summed E-state index contributed by atoms with van der Waals surface area (Å²) in [7, 11) is 1.64. The predicted molar refractivity (Wildman–Crippen MR) is 79.2 cm³/mol. The second-order valence-electron chi connectivity index (χ2n) is 5.87. The smallest absolute Gasteiger partial charge is 0.195 e. The number of halogens is 1. The minimum absolute atomic E-state index is 0.0637. The third-order valence-electron chi connectivity index (χ3n) is 4.44. The van der Waals surface area contributed by atoms with Crippen LogP contribution in [0.3, 0.4) is 0 Å². The summed E-state index contributed by atoms with van der Waals surface area (Å²) in [5.41, 5.74) is 1.13. The van der Waals surface area contributed by atoms with E-state index in [0.29, 0.717) is 32.5 Å². The van der Waals surface area contributed by atoms with Gasteiger partial charge in [0.15, 0.2) is 5.79 Å². The van der Waals surface area contributed by atoms with E-state index < -0.39 is 5.79 Å². The summed E-state index contributed by atoms with van der Waals surface area (Å²) in [4.78, 5) is 0. The Kier molecular flexibility index (Phi) is 5.08. The molecule has 3 unspecified atom stereocenters. The minimum atomic E-state index is -0.794. The predicted octanol–water partition coefficient (Wildman–Crippen LogP) is 2.85. The van der Waals surface area contributed by atoms with Gasteiger partial charge >= 0.3 is 0 Å². The lowest BCUT2D eigenvalue weighted by Crippen LogP contribution is -2.53. The molecule has 4 nitrogen and oxygen atoms in total. The van der Waals surface area contributed by atoms with Gasteiger partial charge in [0.05, 0.1) is 26.0 Å². The van der Waals surface area contributed by atoms with Crippen LogP contribution >= 0.6 is 0 Å². The van der Waals surface area contributed by atoms with E-state index in [-0.39, 0.29) is 25.0 Å². The third-order valence-corrected chi connectivity index (χ3v) is 4.44. The second kappa shape index (κ2) is 7.04. The highest BCUT2D eigenvalue weighted by Crippen LogP contribution is 2.42. The van der Waals surface area contributed by atoms with E-state index in [1.54, 1.807) is 7.11 Å². The molecule has 0 aliphatic carbocycles. The van der Waals surface area contributed by atoms with Crippen LogP contribution in [0.4, 0.5) is 4.39 Å². The Bertz CT molecular complexity index is 469. The van der Waals surface area contributed by atoms with Crippen LogP contribution in [0.1, 0.15) is 24.8 Å². The molecule has 2 aliphatic heterocycles. The van der Waals surface area contributed by atoms with Crippen LogP contribution in [-0.2, 0) is 25.6 Å². The summed E-state index contributed by atoms with van der Waals surface area (Å²) in [6.07, 6.45) is 1.26. The fourth-order valence-electron chi connectivity index (χ4n) is 3.28. The van der Waals surface area contributed by atoms with E-state index in [9.17, 15) is 4.39 Å². The van der Waals surface area contributed by atoms with Crippen LogP contribution in [0.25, 0.3) is 0 Å². The molecular formula is C17H23FO4. The SMILES string of the molecule is COC1CC(OCc2ccccc2)[C@H]2COC1(CCCF)O2. The van der Waals surface area contributed by atoms with Crippen LogP contribution in [0.15, 0.2) is 30.3 Å². The molecule has 1 aromatic carbocycles. The number of rotatable bonds is 7. The van der Waals surface area contributed by atoms with Crippen LogP contribution in [-0.4, -0.2) is 44.5 Å². The van der Waals surface area contributed by atoms with Crippen LogP contribution in [0, 0.1) is 0 Å². The first-order chi connectivity index (χ1) is 10.8. The zero-order chi connectivity index (χ0) is 15.4. The van der Waals surface area contributed by atoms with Crippen molar-refractivity contribution in [2.45, 2.75) is 50.0 Å². The summed E-state index contributed by atoms with van der Waals surface area (Å²) in [6, 6.07) is 10.0. The Morgan fingerprint density at radius 2 is 2.14 bits per heavy atom. The van der Waals surface area contributed by atoms with Crippen LogP contribution in [0.5, 0.6) is 0 Å². The molecule has 4 atom stereocenters. The average Bonchev–Trinajstić information content (AvgIpc) is 2.94. The summed E-state index contributed by atoms with van der Waals surface area (Å²) < 4.78 is 36.0. The zero-order valence-electron chi connectivity index (χ0n) is 12.9. The van der Waals surface area contributed by atoms with Gasteiger partial charge in [-0.15, -0.1) is 0 Å². The molecule has 2 aliphatic rings. The molecule has 2 bridgehead atoms. The molecular weight excluding hydrogens is 287 g/mol. The standard InChI is InChI=1S/C17H23FO4/c1-19-16-10-14(20-11-13-6-3-2-4-7-13)15-12-21-17(16,22-15)8-5-9-18/h2-4,6-7,14-16H,5,8-12H2,1H3/t14?,15-,16?,17?/m1/s1. The van der Waals surface area contributed by atoms with Gasteiger partial charge in [-0.1, -0.05) is 30.3 Å². The lowest BCUT2D eigenvalue weighted by atomic mass is 9.94. The van der Waals surface area contributed by atoms with Crippen molar-refractivity contribution in [2.75, 3.05) is 20.4 Å². The van der Waals surface area contributed by atoms with E-state index in [2.05, 4.69) is 0 Å². The average molecular weight is 310 g/mol. The van der Waals surface area contributed by atoms with Crippen molar-refractivity contribution in [2.24, 2.45) is 0 Å². The summed E-state index contributed by atoms with van der Waals surface area (Å²) >= 11 is 0. The monoisotopic (exact) mass is 310 g/mol. The molecule has 0 aromatic heterocycles. The first-order valence-electron chi connectivity index (χ1n) is 7.83. The number of methoxy groups -OCH3 is 1. The summed E-state index contributed by atoms with van der Waals surface area (Å²) in [5.74, 6) is -0.794. The van der Waals surface area contributed by atoms with Crippen molar-refractivity contribution in [1.82, 2.24) is 0 Å². The lowest BCUT2D eigenvalue weighted by Gasteiger charge is -2.41. The maximum absolute atomic E-state index is 12.5. The number of alkyl halides is 1. The van der Waals surface area contributed by atoms with Gasteiger partial charge in [0.1, 0.15) is 12.2 Å². The minimum Gasteiger partial charge on any atom is -0.376 e. The highest BCUT2D eigenvalue weighted by atomic mass is 19.1. The Balaban J connectivity index is 1.62. The van der Waals surface area contributed by atoms with E-state index >= 15 is 0 Å². The molecule has 3 rings (SSSR count). The Morgan fingerprint density at radius 1 is 1.32 bits per heavy atom. The van der Waals surface area contributed by atoms with Gasteiger partial charge in [-0.2, -0.15) is 0 Å². The molecule has 1 aromatic rings. The van der Waals surface area contributed by atoms with Gasteiger partial charge in [-0.25, -0.2) is 0 Å². The quantitative estimate of drug-likeness (QED) is 0.776. The van der Waals surface area contributed by atoms with Gasteiger partial charge in [-0.05, 0) is 12.0 Å². The largest absolute Gasteiger partial charge is 0.376 e. The normalized spacial score (nSPS) is 34.0. The number of ether oxygens (including phenoxy) is 4. The van der Waals surface area contributed by atoms with Crippen LogP contribution < -0.4 is 0 Å². The van der Waals surface area contributed by atoms with Crippen molar-refractivity contribution >= 4 is 0 Å². The van der Waals surface area contributed by atoms with E-state index in [1.807, 2.05) is 30.3 Å². The highest BCUT2D eigenvalue weighted by Gasteiger charge is 2.55. The third kappa shape index (κ3) is 3.18. The van der Waals surface area contributed by atoms with Crippen molar-refractivity contribution < 1.29 is 23.3 Å². The van der Waals surface area contributed by atoms with Gasteiger partial charge in [0, 0.05) is 20.0 Å². The lowest BCUT2D eigenvalue weighted by molar-refractivity contribution is -0.277. The first kappa shape index (κ1) is 15.9. The molecule has 5 heteroatoms.